The molecule has 1 N–H and O–H groups in total. The van der Waals surface area contributed by atoms with Crippen molar-refractivity contribution in [1.82, 2.24) is 5.32 Å². The third-order valence-electron chi connectivity index (χ3n) is 4.46. The van der Waals surface area contributed by atoms with E-state index in [9.17, 15) is 9.59 Å². The molecule has 0 unspecified atom stereocenters. The Morgan fingerprint density at radius 1 is 1.04 bits per heavy atom. The summed E-state index contributed by atoms with van der Waals surface area (Å²) in [5, 5.41) is 2.72. The van der Waals surface area contributed by atoms with Crippen molar-refractivity contribution < 1.29 is 18.9 Å². The molecule has 23 heavy (non-hydrogen) atoms. The molecule has 1 aliphatic rings. The van der Waals surface area contributed by atoms with E-state index < -0.39 is 7.12 Å². The summed E-state index contributed by atoms with van der Waals surface area (Å²) in [4.78, 5) is 22.9. The number of hydrogen-bond donors (Lipinski definition) is 1. The van der Waals surface area contributed by atoms with Gasteiger partial charge in [0.1, 0.15) is 5.78 Å². The number of nitrogens with one attached hydrogen (secondary N) is 1. The van der Waals surface area contributed by atoms with Gasteiger partial charge in [-0.1, -0.05) is 12.1 Å². The molecular formula is C17H24BNO4. The second-order valence-electron chi connectivity index (χ2n) is 6.92. The summed E-state index contributed by atoms with van der Waals surface area (Å²) in [7, 11) is -0.435. The molecule has 0 aliphatic carbocycles. The molecule has 0 atom stereocenters. The van der Waals surface area contributed by atoms with E-state index >= 15 is 0 Å². The quantitative estimate of drug-likeness (QED) is 0.840. The molecule has 0 saturated carbocycles. The van der Waals surface area contributed by atoms with Gasteiger partial charge in [-0.3, -0.25) is 9.59 Å². The van der Waals surface area contributed by atoms with Crippen LogP contribution < -0.4 is 10.8 Å². The highest BCUT2D eigenvalue weighted by molar-refractivity contribution is 6.62. The normalized spacial score (nSPS) is 18.7. The average molecular weight is 317 g/mol. The molecule has 1 heterocycles. The molecule has 1 amide bonds. The monoisotopic (exact) mass is 317 g/mol. The molecule has 1 fully saturated rings. The van der Waals surface area contributed by atoms with Crippen molar-refractivity contribution in [3.8, 4) is 0 Å². The van der Waals surface area contributed by atoms with Crippen molar-refractivity contribution in [3.05, 3.63) is 29.8 Å². The Morgan fingerprint density at radius 2 is 1.57 bits per heavy atom. The molecule has 0 spiro atoms. The maximum atomic E-state index is 12.0. The van der Waals surface area contributed by atoms with Crippen LogP contribution in [-0.4, -0.2) is 36.6 Å². The highest BCUT2D eigenvalue weighted by Gasteiger charge is 2.51. The third-order valence-corrected chi connectivity index (χ3v) is 4.46. The number of carbonyl (C=O) groups is 2. The first-order valence-corrected chi connectivity index (χ1v) is 7.86. The van der Waals surface area contributed by atoms with Crippen LogP contribution in [0.15, 0.2) is 24.3 Å². The molecule has 0 radical (unpaired) electrons. The molecule has 2 rings (SSSR count). The van der Waals surface area contributed by atoms with E-state index in [1.165, 1.54) is 6.92 Å². The van der Waals surface area contributed by atoms with Gasteiger partial charge in [0.15, 0.2) is 0 Å². The second kappa shape index (κ2) is 6.45. The van der Waals surface area contributed by atoms with Crippen molar-refractivity contribution in [3.63, 3.8) is 0 Å². The standard InChI is InChI=1S/C17H24BNO4/c1-12(20)10-11-19-15(21)13-6-8-14(9-7-13)18-22-16(2,3)17(4,5)23-18/h6-9H,10-11H2,1-5H3,(H,19,21). The van der Waals surface area contributed by atoms with E-state index in [1.54, 1.807) is 12.1 Å². The Morgan fingerprint density at radius 3 is 2.04 bits per heavy atom. The lowest BCUT2D eigenvalue weighted by molar-refractivity contribution is -0.116. The summed E-state index contributed by atoms with van der Waals surface area (Å²) >= 11 is 0. The fourth-order valence-electron chi connectivity index (χ4n) is 2.22. The van der Waals surface area contributed by atoms with Gasteiger partial charge in [0.25, 0.3) is 5.91 Å². The molecule has 6 heteroatoms. The predicted octanol–water partition coefficient (Wildman–Crippen LogP) is 1.69. The number of benzene rings is 1. The first kappa shape index (κ1) is 17.7. The maximum absolute atomic E-state index is 12.0. The van der Waals surface area contributed by atoms with Crippen LogP contribution in [0.2, 0.25) is 0 Å². The summed E-state index contributed by atoms with van der Waals surface area (Å²) in [5.41, 5.74) is 0.651. The summed E-state index contributed by atoms with van der Waals surface area (Å²) in [6, 6.07) is 7.15. The van der Waals surface area contributed by atoms with Crippen LogP contribution in [0.3, 0.4) is 0 Å². The third kappa shape index (κ3) is 4.01. The summed E-state index contributed by atoms with van der Waals surface area (Å²) < 4.78 is 12.0. The van der Waals surface area contributed by atoms with E-state index in [0.29, 0.717) is 18.5 Å². The maximum Gasteiger partial charge on any atom is 0.494 e. The van der Waals surface area contributed by atoms with Gasteiger partial charge in [-0.25, -0.2) is 0 Å². The van der Waals surface area contributed by atoms with Gasteiger partial charge in [-0.2, -0.15) is 0 Å². The molecular weight excluding hydrogens is 293 g/mol. The number of carbonyl (C=O) groups excluding carboxylic acids is 2. The molecule has 1 aliphatic heterocycles. The van der Waals surface area contributed by atoms with Crippen molar-refractivity contribution in [2.45, 2.75) is 52.2 Å². The van der Waals surface area contributed by atoms with Crippen molar-refractivity contribution in [2.75, 3.05) is 6.54 Å². The van der Waals surface area contributed by atoms with Gasteiger partial charge >= 0.3 is 7.12 Å². The van der Waals surface area contributed by atoms with Gasteiger partial charge in [-0.05, 0) is 52.2 Å². The number of rotatable bonds is 5. The van der Waals surface area contributed by atoms with E-state index in [1.807, 2.05) is 39.8 Å². The fraction of sp³-hybridized carbons (Fsp3) is 0.529. The summed E-state index contributed by atoms with van der Waals surface area (Å²) in [5.74, 6) is -0.131. The lowest BCUT2D eigenvalue weighted by Gasteiger charge is -2.32. The zero-order valence-electron chi connectivity index (χ0n) is 14.4. The Kier molecular flexibility index (Phi) is 4.97. The Balaban J connectivity index is 2.00. The molecule has 5 nitrogen and oxygen atoms in total. The summed E-state index contributed by atoms with van der Waals surface area (Å²) in [6.07, 6.45) is 0.345. The molecule has 1 aromatic carbocycles. The number of amides is 1. The molecule has 0 aromatic heterocycles. The number of hydrogen-bond acceptors (Lipinski definition) is 4. The average Bonchev–Trinajstić information content (AvgIpc) is 2.67. The van der Waals surface area contributed by atoms with Crippen LogP contribution in [-0.2, 0) is 14.1 Å². The van der Waals surface area contributed by atoms with Gasteiger partial charge in [0.2, 0.25) is 0 Å². The second-order valence-corrected chi connectivity index (χ2v) is 6.92. The first-order chi connectivity index (χ1) is 10.6. The Bertz CT molecular complexity index is 579. The van der Waals surface area contributed by atoms with E-state index in [-0.39, 0.29) is 22.9 Å². The molecule has 1 saturated heterocycles. The van der Waals surface area contributed by atoms with Crippen LogP contribution in [0.1, 0.15) is 51.4 Å². The zero-order valence-corrected chi connectivity index (χ0v) is 14.4. The molecule has 124 valence electrons. The fourth-order valence-corrected chi connectivity index (χ4v) is 2.22. The topological polar surface area (TPSA) is 64.6 Å². The highest BCUT2D eigenvalue weighted by atomic mass is 16.7. The van der Waals surface area contributed by atoms with Crippen molar-refractivity contribution in [2.24, 2.45) is 0 Å². The SMILES string of the molecule is CC(=O)CCNC(=O)c1ccc(B2OC(C)(C)C(C)(C)O2)cc1. The lowest BCUT2D eigenvalue weighted by atomic mass is 9.79. The zero-order chi connectivity index (χ0) is 17.3. The molecule has 0 bridgehead atoms. The van der Waals surface area contributed by atoms with Gasteiger partial charge < -0.3 is 14.6 Å². The Labute approximate surface area is 137 Å². The van der Waals surface area contributed by atoms with Crippen LogP contribution >= 0.6 is 0 Å². The summed E-state index contributed by atoms with van der Waals surface area (Å²) in [6.45, 7) is 9.88. The highest BCUT2D eigenvalue weighted by Crippen LogP contribution is 2.36. The van der Waals surface area contributed by atoms with Gasteiger partial charge in [0.05, 0.1) is 11.2 Å². The lowest BCUT2D eigenvalue weighted by Crippen LogP contribution is -2.41. The van der Waals surface area contributed by atoms with Crippen LogP contribution in [0.5, 0.6) is 0 Å². The smallest absolute Gasteiger partial charge is 0.399 e. The van der Waals surface area contributed by atoms with Crippen molar-refractivity contribution >= 4 is 24.3 Å². The number of Topliss-reactive ketones (excluding diaryl/α,β-unsaturated/α-hetero) is 1. The Hall–Kier alpha value is -1.66. The van der Waals surface area contributed by atoms with E-state index in [4.69, 9.17) is 9.31 Å². The molecule has 1 aromatic rings. The minimum atomic E-state index is -0.435. The van der Waals surface area contributed by atoms with Gasteiger partial charge in [0, 0.05) is 18.5 Å². The largest absolute Gasteiger partial charge is 0.494 e. The van der Waals surface area contributed by atoms with E-state index in [0.717, 1.165) is 5.46 Å². The van der Waals surface area contributed by atoms with E-state index in [2.05, 4.69) is 5.32 Å². The van der Waals surface area contributed by atoms with Crippen LogP contribution in [0.4, 0.5) is 0 Å². The predicted molar refractivity (Wildman–Crippen MR) is 89.8 cm³/mol. The van der Waals surface area contributed by atoms with Crippen LogP contribution in [0, 0.1) is 0 Å². The minimum absolute atomic E-state index is 0.0569. The number of ketones is 1. The first-order valence-electron chi connectivity index (χ1n) is 7.86. The van der Waals surface area contributed by atoms with Crippen LogP contribution in [0.25, 0.3) is 0 Å². The minimum Gasteiger partial charge on any atom is -0.399 e. The van der Waals surface area contributed by atoms with Crippen molar-refractivity contribution in [1.29, 1.82) is 0 Å². The van der Waals surface area contributed by atoms with Gasteiger partial charge in [-0.15, -0.1) is 0 Å².